The summed E-state index contributed by atoms with van der Waals surface area (Å²) in [6.45, 7) is 7.28. The minimum Gasteiger partial charge on any atom is -0.316 e. The highest BCUT2D eigenvalue weighted by molar-refractivity contribution is 5.46. The second-order valence-corrected chi connectivity index (χ2v) is 6.34. The molecule has 0 saturated carbocycles. The summed E-state index contributed by atoms with van der Waals surface area (Å²) in [7, 11) is 0. The van der Waals surface area contributed by atoms with E-state index in [2.05, 4.69) is 10.2 Å². The monoisotopic (exact) mass is 284 g/mol. The van der Waals surface area contributed by atoms with Crippen molar-refractivity contribution in [1.29, 1.82) is 0 Å². The molecule has 4 heterocycles. The number of fused-ring (bicyclic) bond motifs is 2. The van der Waals surface area contributed by atoms with Gasteiger partial charge in [0.15, 0.2) is 0 Å². The Labute approximate surface area is 123 Å². The van der Waals surface area contributed by atoms with Crippen LogP contribution < -0.4 is 10.9 Å². The highest BCUT2D eigenvalue weighted by Gasteiger charge is 2.35. The predicted octanol–water partition coefficient (Wildman–Crippen LogP) is 0.654. The van der Waals surface area contributed by atoms with Crippen LogP contribution in [0, 0.1) is 18.8 Å². The molecule has 2 aromatic rings. The Morgan fingerprint density at radius 1 is 1.33 bits per heavy atom. The van der Waals surface area contributed by atoms with Crippen LogP contribution in [0.4, 0.5) is 0 Å². The topological polar surface area (TPSA) is 49.6 Å². The molecule has 4 rings (SSSR count). The Morgan fingerprint density at radius 3 is 2.86 bits per heavy atom. The van der Waals surface area contributed by atoms with Crippen LogP contribution in [0.2, 0.25) is 0 Å². The van der Waals surface area contributed by atoms with E-state index in [-0.39, 0.29) is 5.56 Å². The van der Waals surface area contributed by atoms with Gasteiger partial charge < -0.3 is 5.32 Å². The Hall–Kier alpha value is -1.72. The number of pyridine rings is 1. The lowest BCUT2D eigenvalue weighted by atomic mass is 10.0. The lowest BCUT2D eigenvalue weighted by molar-refractivity contribution is 0.302. The van der Waals surface area contributed by atoms with Gasteiger partial charge in [-0.05, 0) is 43.5 Å². The van der Waals surface area contributed by atoms with Crippen molar-refractivity contribution in [2.75, 3.05) is 26.2 Å². The average molecular weight is 284 g/mol. The third-order valence-corrected chi connectivity index (χ3v) is 4.79. The van der Waals surface area contributed by atoms with Crippen molar-refractivity contribution in [2.24, 2.45) is 11.8 Å². The van der Waals surface area contributed by atoms with E-state index in [1.807, 2.05) is 19.1 Å². The smallest absolute Gasteiger partial charge is 0.258 e. The summed E-state index contributed by atoms with van der Waals surface area (Å²) < 4.78 is 1.63. The zero-order valence-electron chi connectivity index (χ0n) is 12.2. The quantitative estimate of drug-likeness (QED) is 0.880. The second kappa shape index (κ2) is 4.93. The van der Waals surface area contributed by atoms with E-state index in [1.165, 1.54) is 0 Å². The van der Waals surface area contributed by atoms with Gasteiger partial charge in [-0.25, -0.2) is 4.98 Å². The van der Waals surface area contributed by atoms with E-state index < -0.39 is 0 Å². The number of aryl methyl sites for hydroxylation is 1. The third kappa shape index (κ3) is 2.26. The molecule has 5 heteroatoms. The molecule has 110 valence electrons. The highest BCUT2D eigenvalue weighted by Crippen LogP contribution is 2.27. The van der Waals surface area contributed by atoms with E-state index in [9.17, 15) is 4.79 Å². The summed E-state index contributed by atoms with van der Waals surface area (Å²) >= 11 is 0. The van der Waals surface area contributed by atoms with Gasteiger partial charge in [-0.1, -0.05) is 6.07 Å². The number of likely N-dealkylation sites (tertiary alicyclic amines) is 1. The maximum atomic E-state index is 12.2. The number of aromatic nitrogens is 2. The van der Waals surface area contributed by atoms with Crippen LogP contribution in [0.5, 0.6) is 0 Å². The molecule has 2 aliphatic heterocycles. The molecule has 0 amide bonds. The zero-order chi connectivity index (χ0) is 14.4. The molecule has 2 unspecified atom stereocenters. The normalized spacial score (nSPS) is 25.6. The molecule has 2 atom stereocenters. The summed E-state index contributed by atoms with van der Waals surface area (Å²) in [5.41, 5.74) is 2.72. The van der Waals surface area contributed by atoms with Crippen molar-refractivity contribution in [2.45, 2.75) is 13.5 Å². The van der Waals surface area contributed by atoms with E-state index in [0.717, 1.165) is 61.5 Å². The molecular formula is C16H20N4O. The molecule has 0 aromatic carbocycles. The molecule has 0 radical (unpaired) electrons. The van der Waals surface area contributed by atoms with E-state index in [4.69, 9.17) is 4.98 Å². The Morgan fingerprint density at radius 2 is 2.10 bits per heavy atom. The van der Waals surface area contributed by atoms with Crippen molar-refractivity contribution < 1.29 is 0 Å². The SMILES string of the molecule is Cc1cccn2c(=O)cc(CN3CC4CNCC4C3)nc12. The van der Waals surface area contributed by atoms with Gasteiger partial charge >= 0.3 is 0 Å². The summed E-state index contributed by atoms with van der Waals surface area (Å²) in [6.07, 6.45) is 1.79. The summed E-state index contributed by atoms with van der Waals surface area (Å²) in [4.78, 5) is 19.4. The van der Waals surface area contributed by atoms with Crippen LogP contribution in [0.25, 0.3) is 5.65 Å². The van der Waals surface area contributed by atoms with Crippen LogP contribution in [0.1, 0.15) is 11.3 Å². The minimum atomic E-state index is 0.0137. The fourth-order valence-corrected chi connectivity index (χ4v) is 3.70. The molecule has 1 N–H and O–H groups in total. The fourth-order valence-electron chi connectivity index (χ4n) is 3.70. The predicted molar refractivity (Wildman–Crippen MR) is 81.3 cm³/mol. The van der Waals surface area contributed by atoms with E-state index in [0.29, 0.717) is 0 Å². The van der Waals surface area contributed by atoms with Gasteiger partial charge in [0.2, 0.25) is 0 Å². The minimum absolute atomic E-state index is 0.0137. The maximum absolute atomic E-state index is 12.2. The molecule has 5 nitrogen and oxygen atoms in total. The first-order valence-corrected chi connectivity index (χ1v) is 7.62. The van der Waals surface area contributed by atoms with Crippen molar-refractivity contribution in [3.63, 3.8) is 0 Å². The standard InChI is InChI=1S/C16H20N4O/c1-11-3-2-4-20-15(21)5-14(18-16(11)20)10-19-8-12-6-17-7-13(12)9-19/h2-5,12-13,17H,6-10H2,1H3. The van der Waals surface area contributed by atoms with Gasteiger partial charge in [0, 0.05) is 31.9 Å². The van der Waals surface area contributed by atoms with Crippen LogP contribution >= 0.6 is 0 Å². The van der Waals surface area contributed by atoms with Gasteiger partial charge in [0.1, 0.15) is 5.65 Å². The van der Waals surface area contributed by atoms with Gasteiger partial charge in [-0.2, -0.15) is 0 Å². The molecule has 2 fully saturated rings. The van der Waals surface area contributed by atoms with Crippen molar-refractivity contribution in [3.8, 4) is 0 Å². The average Bonchev–Trinajstić information content (AvgIpc) is 3.01. The van der Waals surface area contributed by atoms with E-state index in [1.54, 1.807) is 16.7 Å². The van der Waals surface area contributed by atoms with Crippen molar-refractivity contribution in [1.82, 2.24) is 19.6 Å². The molecule has 0 bridgehead atoms. The van der Waals surface area contributed by atoms with Crippen molar-refractivity contribution in [3.05, 3.63) is 46.0 Å². The molecular weight excluding hydrogens is 264 g/mol. The Bertz CT molecular complexity index is 727. The van der Waals surface area contributed by atoms with Crippen LogP contribution in [0.15, 0.2) is 29.2 Å². The number of hydrogen-bond donors (Lipinski definition) is 1. The maximum Gasteiger partial charge on any atom is 0.258 e. The molecule has 2 aliphatic rings. The fraction of sp³-hybridized carbons (Fsp3) is 0.500. The Kier molecular flexibility index (Phi) is 3.05. The largest absolute Gasteiger partial charge is 0.316 e. The van der Waals surface area contributed by atoms with Gasteiger partial charge in [0.05, 0.1) is 5.69 Å². The van der Waals surface area contributed by atoms with Gasteiger partial charge in [-0.3, -0.25) is 14.1 Å². The molecule has 0 aliphatic carbocycles. The van der Waals surface area contributed by atoms with Gasteiger partial charge in [-0.15, -0.1) is 0 Å². The molecule has 21 heavy (non-hydrogen) atoms. The third-order valence-electron chi connectivity index (χ3n) is 4.79. The molecule has 2 saturated heterocycles. The highest BCUT2D eigenvalue weighted by atomic mass is 16.1. The zero-order valence-corrected chi connectivity index (χ0v) is 12.2. The van der Waals surface area contributed by atoms with Crippen LogP contribution in [-0.2, 0) is 6.54 Å². The van der Waals surface area contributed by atoms with Crippen LogP contribution in [-0.4, -0.2) is 40.5 Å². The first-order chi connectivity index (χ1) is 10.2. The molecule has 0 spiro atoms. The number of nitrogens with one attached hydrogen (secondary N) is 1. The first kappa shape index (κ1) is 13.0. The summed E-state index contributed by atoms with van der Waals surface area (Å²) in [5.74, 6) is 1.54. The number of rotatable bonds is 2. The summed E-state index contributed by atoms with van der Waals surface area (Å²) in [6, 6.07) is 5.57. The van der Waals surface area contributed by atoms with Crippen molar-refractivity contribution >= 4 is 5.65 Å². The van der Waals surface area contributed by atoms with Gasteiger partial charge in [0.25, 0.3) is 5.56 Å². The second-order valence-electron chi connectivity index (χ2n) is 6.34. The lowest BCUT2D eigenvalue weighted by Crippen LogP contribution is -2.27. The number of hydrogen-bond acceptors (Lipinski definition) is 4. The summed E-state index contributed by atoms with van der Waals surface area (Å²) in [5, 5.41) is 3.45. The van der Waals surface area contributed by atoms with E-state index >= 15 is 0 Å². The Balaban J connectivity index is 1.62. The molecule has 2 aromatic heterocycles. The lowest BCUT2D eigenvalue weighted by Gasteiger charge is -2.16. The number of nitrogens with zero attached hydrogens (tertiary/aromatic N) is 3. The first-order valence-electron chi connectivity index (χ1n) is 7.62. The van der Waals surface area contributed by atoms with Crippen LogP contribution in [0.3, 0.4) is 0 Å².